The Hall–Kier alpha value is -3.78. The second kappa shape index (κ2) is 11.8. The number of thioether (sulfide) groups is 2. The molecule has 2 atom stereocenters. The second-order valence-electron chi connectivity index (χ2n) is 8.83. The molecule has 0 spiro atoms. The number of β-lactam (4-membered cyclic amide) rings is 1. The first-order valence-electron chi connectivity index (χ1n) is 11.9. The summed E-state index contributed by atoms with van der Waals surface area (Å²) in [5.74, 6) is -3.49. The summed E-state index contributed by atoms with van der Waals surface area (Å²) < 4.78 is 5.12. The molecule has 3 aliphatic rings. The van der Waals surface area contributed by atoms with Crippen molar-refractivity contribution in [3.8, 4) is 0 Å². The van der Waals surface area contributed by atoms with E-state index in [4.69, 9.17) is 15.7 Å². The van der Waals surface area contributed by atoms with Crippen LogP contribution in [0.25, 0.3) is 0 Å². The zero-order chi connectivity index (χ0) is 28.4. The van der Waals surface area contributed by atoms with Crippen LogP contribution < -0.4 is 11.1 Å². The first kappa shape index (κ1) is 27.8. The average molecular weight is 611 g/mol. The van der Waals surface area contributed by atoms with E-state index in [2.05, 4.69) is 35.4 Å². The molecule has 1 saturated heterocycles. The summed E-state index contributed by atoms with van der Waals surface area (Å²) in [4.78, 5) is 60.1. The van der Waals surface area contributed by atoms with Crippen LogP contribution in [0, 0.1) is 0 Å². The summed E-state index contributed by atoms with van der Waals surface area (Å²) >= 11 is 3.21. The molecular weight excluding hydrogens is 588 g/mol. The molecule has 0 radical (unpaired) electrons. The Morgan fingerprint density at radius 2 is 2.02 bits per heavy atom. The Morgan fingerprint density at radius 1 is 1.25 bits per heavy atom. The lowest BCUT2D eigenvalue weighted by Gasteiger charge is -2.49. The molecule has 1 aliphatic carbocycles. The Labute approximate surface area is 237 Å². The van der Waals surface area contributed by atoms with Crippen molar-refractivity contribution in [1.29, 1.82) is 0 Å². The van der Waals surface area contributed by atoms with Crippen molar-refractivity contribution in [2.75, 3.05) is 17.2 Å². The SMILES string of the molecule is Nc1nc(/C(=N/OC2CCCC2)C(=O)NC2C(=O)N3C(C(=O)O)=C(CSc4nnnn4CC(=O)O)CS[C@H]23)ns1. The minimum atomic E-state index is -1.31. The van der Waals surface area contributed by atoms with Gasteiger partial charge in [-0.3, -0.25) is 19.3 Å². The third-order valence-corrected chi connectivity index (χ3v) is 9.09. The lowest BCUT2D eigenvalue weighted by molar-refractivity contribution is -0.150. The van der Waals surface area contributed by atoms with Crippen LogP contribution in [-0.2, 0) is 30.6 Å². The maximum atomic E-state index is 13.2. The van der Waals surface area contributed by atoms with E-state index in [9.17, 15) is 24.3 Å². The molecule has 40 heavy (non-hydrogen) atoms. The molecular formula is C20H22N10O7S3. The van der Waals surface area contributed by atoms with Crippen LogP contribution >= 0.6 is 35.1 Å². The van der Waals surface area contributed by atoms with Crippen LogP contribution in [0.3, 0.4) is 0 Å². The number of fused-ring (bicyclic) bond motifs is 1. The van der Waals surface area contributed by atoms with Crippen molar-refractivity contribution in [3.05, 3.63) is 17.1 Å². The molecule has 212 valence electrons. The molecule has 2 aromatic heterocycles. The van der Waals surface area contributed by atoms with Gasteiger partial charge in [0.1, 0.15) is 29.8 Å². The lowest BCUT2D eigenvalue weighted by Crippen LogP contribution is -2.71. The van der Waals surface area contributed by atoms with Gasteiger partial charge in [-0.25, -0.2) is 9.48 Å². The largest absolute Gasteiger partial charge is 0.480 e. The molecule has 0 bridgehead atoms. The Morgan fingerprint density at radius 3 is 2.70 bits per heavy atom. The topological polar surface area (TPSA) is 241 Å². The number of carboxylic acids is 2. The quantitative estimate of drug-likeness (QED) is 0.107. The first-order valence-corrected chi connectivity index (χ1v) is 14.7. The average Bonchev–Trinajstić information content (AvgIpc) is 3.68. The monoisotopic (exact) mass is 610 g/mol. The smallest absolute Gasteiger partial charge is 0.352 e. The standard InChI is InChI=1S/C20H22N10O7S3/c21-19-23-14(26-40-19)11(25-37-9-3-1-2-4-9)15(33)22-12-16(34)30-13(18(35)36)8(6-38-17(12)30)7-39-20-24-27-28-29(20)5-10(31)32/h9,12,17H,1-7H2,(H,22,33)(H,31,32)(H,35,36)(H2,21,23,26)/b25-11-/t12?,17-/m1/s1. The fraction of sp³-hybridized carbons (Fsp3) is 0.500. The Bertz CT molecular complexity index is 1400. The summed E-state index contributed by atoms with van der Waals surface area (Å²) in [7, 11) is 0. The van der Waals surface area contributed by atoms with Gasteiger partial charge in [-0.15, -0.1) is 16.9 Å². The van der Waals surface area contributed by atoms with E-state index < -0.39 is 41.7 Å². The van der Waals surface area contributed by atoms with Gasteiger partial charge in [-0.2, -0.15) is 9.36 Å². The predicted octanol–water partition coefficient (Wildman–Crippen LogP) is -0.614. The number of nitrogens with zero attached hydrogens (tertiary/aromatic N) is 8. The molecule has 1 saturated carbocycles. The summed E-state index contributed by atoms with van der Waals surface area (Å²) in [6, 6.07) is -1.02. The van der Waals surface area contributed by atoms with Gasteiger partial charge in [0.25, 0.3) is 11.8 Å². The minimum absolute atomic E-state index is 0.0337. The summed E-state index contributed by atoms with van der Waals surface area (Å²) in [5.41, 5.74) is 5.68. The zero-order valence-corrected chi connectivity index (χ0v) is 22.9. The second-order valence-corrected chi connectivity index (χ2v) is 11.7. The molecule has 1 unspecified atom stereocenters. The zero-order valence-electron chi connectivity index (χ0n) is 20.5. The number of nitrogens with two attached hydrogens (primary N) is 1. The summed E-state index contributed by atoms with van der Waals surface area (Å²) in [6.45, 7) is -0.455. The van der Waals surface area contributed by atoms with Gasteiger partial charge in [0.2, 0.25) is 16.7 Å². The number of carbonyl (C=O) groups is 4. The van der Waals surface area contributed by atoms with E-state index in [-0.39, 0.29) is 45.1 Å². The van der Waals surface area contributed by atoms with Crippen molar-refractivity contribution in [2.24, 2.45) is 5.16 Å². The molecule has 17 nitrogen and oxygen atoms in total. The van der Waals surface area contributed by atoms with Crippen LogP contribution in [0.4, 0.5) is 5.13 Å². The highest BCUT2D eigenvalue weighted by Gasteiger charge is 2.54. The van der Waals surface area contributed by atoms with E-state index in [1.165, 1.54) is 11.8 Å². The molecule has 4 heterocycles. The molecule has 2 fully saturated rings. The molecule has 5 rings (SSSR count). The number of carboxylic acid groups (broad SMARTS) is 2. The fourth-order valence-corrected chi connectivity index (χ4v) is 7.12. The highest BCUT2D eigenvalue weighted by atomic mass is 32.2. The minimum Gasteiger partial charge on any atom is -0.480 e. The molecule has 2 aromatic rings. The number of aromatic nitrogens is 6. The van der Waals surface area contributed by atoms with Crippen LogP contribution in [0.5, 0.6) is 0 Å². The molecule has 5 N–H and O–H groups in total. The van der Waals surface area contributed by atoms with E-state index in [1.54, 1.807) is 0 Å². The number of rotatable bonds is 11. The van der Waals surface area contributed by atoms with E-state index in [0.29, 0.717) is 5.57 Å². The number of oxime groups is 1. The van der Waals surface area contributed by atoms with Gasteiger partial charge >= 0.3 is 11.9 Å². The number of tetrazole rings is 1. The van der Waals surface area contributed by atoms with E-state index in [1.807, 2.05) is 0 Å². The highest BCUT2D eigenvalue weighted by molar-refractivity contribution is 8.01. The normalized spacial score (nSPS) is 21.2. The Kier molecular flexibility index (Phi) is 8.17. The maximum Gasteiger partial charge on any atom is 0.352 e. The number of aliphatic carboxylic acids is 2. The van der Waals surface area contributed by atoms with Crippen LogP contribution in [0.15, 0.2) is 21.6 Å². The number of nitrogens with one attached hydrogen (secondary N) is 1. The number of amides is 2. The molecule has 2 aliphatic heterocycles. The van der Waals surface area contributed by atoms with Gasteiger partial charge in [0.05, 0.1) is 0 Å². The third kappa shape index (κ3) is 5.72. The van der Waals surface area contributed by atoms with Crippen molar-refractivity contribution < 1.29 is 34.2 Å². The van der Waals surface area contributed by atoms with Gasteiger partial charge in [-0.05, 0) is 41.7 Å². The summed E-state index contributed by atoms with van der Waals surface area (Å²) in [6.07, 6.45) is 3.46. The van der Waals surface area contributed by atoms with E-state index in [0.717, 1.165) is 58.6 Å². The van der Waals surface area contributed by atoms with Gasteiger partial charge in [0.15, 0.2) is 5.13 Å². The number of hydrogen-bond donors (Lipinski definition) is 4. The molecule has 0 aromatic carbocycles. The van der Waals surface area contributed by atoms with Crippen molar-refractivity contribution >= 4 is 69.7 Å². The van der Waals surface area contributed by atoms with Crippen molar-refractivity contribution in [2.45, 2.75) is 54.9 Å². The number of carbonyl (C=O) groups excluding carboxylic acids is 2. The fourth-order valence-electron chi connectivity index (χ4n) is 4.32. The highest BCUT2D eigenvalue weighted by Crippen LogP contribution is 2.41. The Balaban J connectivity index is 1.29. The van der Waals surface area contributed by atoms with Gasteiger partial charge < -0.3 is 26.1 Å². The van der Waals surface area contributed by atoms with Gasteiger partial charge in [0, 0.05) is 23.0 Å². The number of nitrogen functional groups attached to an aromatic ring is 1. The molecule has 2 amide bonds. The predicted molar refractivity (Wildman–Crippen MR) is 140 cm³/mol. The lowest BCUT2D eigenvalue weighted by atomic mass is 10.0. The van der Waals surface area contributed by atoms with Crippen LogP contribution in [0.1, 0.15) is 31.5 Å². The number of anilines is 1. The van der Waals surface area contributed by atoms with Crippen LogP contribution in [-0.4, -0.2) is 103 Å². The van der Waals surface area contributed by atoms with E-state index >= 15 is 0 Å². The van der Waals surface area contributed by atoms with Crippen molar-refractivity contribution in [1.82, 2.24) is 39.8 Å². The third-order valence-electron chi connectivity index (χ3n) is 6.16. The first-order chi connectivity index (χ1) is 19.2. The molecule has 20 heteroatoms. The van der Waals surface area contributed by atoms with Crippen molar-refractivity contribution in [3.63, 3.8) is 0 Å². The van der Waals surface area contributed by atoms with Crippen LogP contribution in [0.2, 0.25) is 0 Å². The van der Waals surface area contributed by atoms with Gasteiger partial charge in [-0.1, -0.05) is 16.9 Å². The summed E-state index contributed by atoms with van der Waals surface area (Å²) in [5, 5.41) is 36.0. The maximum absolute atomic E-state index is 13.2. The number of hydrogen-bond acceptors (Lipinski definition) is 15.